The topological polar surface area (TPSA) is 248 Å². The van der Waals surface area contributed by atoms with E-state index in [9.17, 15) is 50.8 Å². The summed E-state index contributed by atoms with van der Waals surface area (Å²) < 4.78 is 22.5. The molecular formula is C56H109NO14. The van der Waals surface area contributed by atoms with E-state index in [0.717, 1.165) is 38.5 Å². The summed E-state index contributed by atoms with van der Waals surface area (Å²) in [7, 11) is 0. The van der Waals surface area contributed by atoms with Crippen LogP contribution >= 0.6 is 0 Å². The average molecular weight is 1020 g/mol. The van der Waals surface area contributed by atoms with E-state index >= 15 is 0 Å². The van der Waals surface area contributed by atoms with Crippen molar-refractivity contribution < 1.29 is 69.7 Å². The minimum absolute atomic E-state index is 0.224. The van der Waals surface area contributed by atoms with E-state index in [1.54, 1.807) is 0 Å². The number of carbonyl (C=O) groups excluding carboxylic acids is 1. The molecule has 15 heteroatoms. The highest BCUT2D eigenvalue weighted by Gasteiger charge is 2.48. The predicted octanol–water partition coefficient (Wildman–Crippen LogP) is 8.31. The number of ether oxygens (including phenoxy) is 4. The van der Waals surface area contributed by atoms with Crippen LogP contribution in [0.2, 0.25) is 0 Å². The molecule has 422 valence electrons. The molecule has 2 saturated heterocycles. The van der Waals surface area contributed by atoms with Gasteiger partial charge in [-0.2, -0.15) is 0 Å². The molecule has 13 atom stereocenters. The standard InChI is InChI=1S/C56H109NO14/c1-3-5-7-9-11-13-15-17-18-19-20-21-22-23-24-25-26-27-29-31-33-35-37-39-47(60)57-43(48(61)44(59)38-36-34-32-30-28-16-14-12-10-8-6-4-2)41-68-55-54(67)52(65)50(63)46(71-55)42-69-56-53(66)51(64)49(62)45(40-58)70-56/h43-46,48-56,58-59,61-67H,3-42H2,1-2H3,(H,57,60)/t43-,44+,45?,46?,48-,49?,50?,51?,52?,53?,54?,55?,56?/m0/s1. The second-order valence-corrected chi connectivity index (χ2v) is 21.3. The van der Waals surface area contributed by atoms with Crippen molar-refractivity contribution in [1.29, 1.82) is 0 Å². The summed E-state index contributed by atoms with van der Waals surface area (Å²) in [5.41, 5.74) is 0. The van der Waals surface area contributed by atoms with Crippen molar-refractivity contribution >= 4 is 5.91 Å². The third-order valence-corrected chi connectivity index (χ3v) is 14.9. The molecule has 15 nitrogen and oxygen atoms in total. The fourth-order valence-electron chi connectivity index (χ4n) is 9.99. The van der Waals surface area contributed by atoms with Gasteiger partial charge in [-0.05, 0) is 12.8 Å². The molecule has 10 unspecified atom stereocenters. The monoisotopic (exact) mass is 1020 g/mol. The number of aliphatic hydroxyl groups excluding tert-OH is 9. The first kappa shape index (κ1) is 66.1. The highest BCUT2D eigenvalue weighted by atomic mass is 16.7. The van der Waals surface area contributed by atoms with Gasteiger partial charge in [0.2, 0.25) is 5.91 Å². The Morgan fingerprint density at radius 1 is 0.451 bits per heavy atom. The van der Waals surface area contributed by atoms with Crippen LogP contribution in [0.15, 0.2) is 0 Å². The average Bonchev–Trinajstić information content (AvgIpc) is 3.37. The van der Waals surface area contributed by atoms with Gasteiger partial charge in [-0.1, -0.05) is 232 Å². The first-order valence-corrected chi connectivity index (χ1v) is 29.4. The third kappa shape index (κ3) is 29.7. The molecule has 0 aliphatic carbocycles. The van der Waals surface area contributed by atoms with Gasteiger partial charge in [-0.15, -0.1) is 0 Å². The number of hydrogen-bond acceptors (Lipinski definition) is 14. The van der Waals surface area contributed by atoms with Crippen LogP contribution in [0.1, 0.15) is 251 Å². The lowest BCUT2D eigenvalue weighted by atomic mass is 9.98. The molecule has 0 spiro atoms. The summed E-state index contributed by atoms with van der Waals surface area (Å²) in [6.45, 7) is 2.88. The number of rotatable bonds is 47. The Morgan fingerprint density at radius 3 is 1.18 bits per heavy atom. The molecule has 2 rings (SSSR count). The second-order valence-electron chi connectivity index (χ2n) is 21.3. The Kier molecular flexibility index (Phi) is 40.1. The first-order chi connectivity index (χ1) is 34.5. The van der Waals surface area contributed by atoms with Gasteiger partial charge < -0.3 is 70.2 Å². The number of nitrogens with one attached hydrogen (secondary N) is 1. The van der Waals surface area contributed by atoms with Gasteiger partial charge in [-0.3, -0.25) is 4.79 Å². The molecule has 0 saturated carbocycles. The van der Waals surface area contributed by atoms with Gasteiger partial charge >= 0.3 is 0 Å². The van der Waals surface area contributed by atoms with Crippen molar-refractivity contribution in [3.05, 3.63) is 0 Å². The predicted molar refractivity (Wildman–Crippen MR) is 278 cm³/mol. The second kappa shape index (κ2) is 43.1. The summed E-state index contributed by atoms with van der Waals surface area (Å²) in [5.74, 6) is -0.315. The maximum absolute atomic E-state index is 13.3. The zero-order valence-corrected chi connectivity index (χ0v) is 44.9. The highest BCUT2D eigenvalue weighted by Crippen LogP contribution is 2.27. The van der Waals surface area contributed by atoms with Gasteiger partial charge in [0.1, 0.15) is 54.9 Å². The van der Waals surface area contributed by atoms with Crippen molar-refractivity contribution in [1.82, 2.24) is 5.32 Å². The maximum atomic E-state index is 13.3. The summed E-state index contributed by atoms with van der Waals surface area (Å²) in [4.78, 5) is 13.3. The van der Waals surface area contributed by atoms with E-state index in [0.29, 0.717) is 19.3 Å². The number of aliphatic hydroxyl groups is 9. The van der Waals surface area contributed by atoms with E-state index in [1.807, 2.05) is 0 Å². The summed E-state index contributed by atoms with van der Waals surface area (Å²) >= 11 is 0. The molecular weight excluding hydrogens is 911 g/mol. The van der Waals surface area contributed by atoms with Crippen molar-refractivity contribution in [3.63, 3.8) is 0 Å². The molecule has 0 aromatic rings. The molecule has 10 N–H and O–H groups in total. The van der Waals surface area contributed by atoms with Crippen LogP contribution in [0.25, 0.3) is 0 Å². The highest BCUT2D eigenvalue weighted by molar-refractivity contribution is 5.76. The molecule has 0 bridgehead atoms. The van der Waals surface area contributed by atoms with Crippen molar-refractivity contribution in [2.24, 2.45) is 0 Å². The van der Waals surface area contributed by atoms with Crippen LogP contribution in [-0.4, -0.2) is 151 Å². The largest absolute Gasteiger partial charge is 0.394 e. The van der Waals surface area contributed by atoms with Gasteiger partial charge in [0.15, 0.2) is 12.6 Å². The van der Waals surface area contributed by atoms with Crippen LogP contribution in [0, 0.1) is 0 Å². The number of amides is 1. The zero-order chi connectivity index (χ0) is 51.9. The molecule has 2 heterocycles. The molecule has 1 amide bonds. The van der Waals surface area contributed by atoms with E-state index < -0.39 is 99.5 Å². The molecule has 2 aliphatic rings. The number of unbranched alkanes of at least 4 members (excludes halogenated alkanes) is 33. The molecule has 0 aromatic carbocycles. The summed E-state index contributed by atoms with van der Waals surface area (Å²) in [5, 5.41) is 97.7. The Hall–Kier alpha value is -1.05. The molecule has 0 aromatic heterocycles. The van der Waals surface area contributed by atoms with Crippen LogP contribution < -0.4 is 5.32 Å². The fraction of sp³-hybridized carbons (Fsp3) is 0.982. The zero-order valence-electron chi connectivity index (χ0n) is 44.9. The lowest BCUT2D eigenvalue weighted by Crippen LogP contribution is -2.62. The Labute approximate surface area is 430 Å². The van der Waals surface area contributed by atoms with Gasteiger partial charge in [0.05, 0.1) is 32.0 Å². The summed E-state index contributed by atoms with van der Waals surface area (Å²) in [6.07, 6.45) is 25.5. The number of carbonyl (C=O) groups is 1. The molecule has 71 heavy (non-hydrogen) atoms. The molecule has 2 fully saturated rings. The van der Waals surface area contributed by atoms with Crippen LogP contribution in [0.5, 0.6) is 0 Å². The normalized spacial score (nSPS) is 26.1. The molecule has 2 aliphatic heterocycles. The van der Waals surface area contributed by atoms with E-state index in [1.165, 1.54) is 173 Å². The Morgan fingerprint density at radius 2 is 0.789 bits per heavy atom. The minimum Gasteiger partial charge on any atom is -0.394 e. The minimum atomic E-state index is -1.77. The maximum Gasteiger partial charge on any atom is 0.220 e. The fourth-order valence-corrected chi connectivity index (χ4v) is 9.99. The van der Waals surface area contributed by atoms with Crippen molar-refractivity contribution in [2.75, 3.05) is 19.8 Å². The summed E-state index contributed by atoms with van der Waals surface area (Å²) in [6, 6.07) is -1.09. The van der Waals surface area contributed by atoms with Crippen LogP contribution in [0.4, 0.5) is 0 Å². The smallest absolute Gasteiger partial charge is 0.220 e. The van der Waals surface area contributed by atoms with E-state index in [4.69, 9.17) is 18.9 Å². The van der Waals surface area contributed by atoms with E-state index in [-0.39, 0.29) is 12.3 Å². The van der Waals surface area contributed by atoms with Gasteiger partial charge in [0.25, 0.3) is 0 Å². The third-order valence-electron chi connectivity index (χ3n) is 14.9. The Bertz CT molecular complexity index is 1220. The van der Waals surface area contributed by atoms with Gasteiger partial charge in [0, 0.05) is 6.42 Å². The lowest BCUT2D eigenvalue weighted by molar-refractivity contribution is -0.331. The van der Waals surface area contributed by atoms with Crippen molar-refractivity contribution in [2.45, 2.75) is 331 Å². The van der Waals surface area contributed by atoms with Crippen LogP contribution in [0.3, 0.4) is 0 Å². The first-order valence-electron chi connectivity index (χ1n) is 29.4. The van der Waals surface area contributed by atoms with Crippen molar-refractivity contribution in [3.8, 4) is 0 Å². The Balaban J connectivity index is 1.75. The van der Waals surface area contributed by atoms with Crippen LogP contribution in [-0.2, 0) is 23.7 Å². The van der Waals surface area contributed by atoms with E-state index in [2.05, 4.69) is 19.2 Å². The quantitative estimate of drug-likeness (QED) is 0.0258. The van der Waals surface area contributed by atoms with Gasteiger partial charge in [-0.25, -0.2) is 0 Å². The lowest BCUT2D eigenvalue weighted by Gasteiger charge is -2.43. The molecule has 0 radical (unpaired) electrons. The number of hydrogen-bond donors (Lipinski definition) is 10. The SMILES string of the molecule is CCCCCCCCCCCCCCCCCCCCCCCCCC(=O)N[C@@H](COC1OC(COC2OC(CO)C(O)C(O)C2O)C(O)C(O)C1O)[C@H](O)[C@H](O)CCCCCCCCCCCCCC.